The van der Waals surface area contributed by atoms with Gasteiger partial charge in [0.2, 0.25) is 0 Å². The van der Waals surface area contributed by atoms with Gasteiger partial charge in [-0.2, -0.15) is 0 Å². The number of aromatic nitrogens is 2. The normalized spacial score (nSPS) is 10.3. The van der Waals surface area contributed by atoms with Gasteiger partial charge in [-0.05, 0) is 42.1 Å². The molecular formula is C12H13N3O2S. The molecule has 0 unspecified atom stereocenters. The molecule has 0 saturated heterocycles. The van der Waals surface area contributed by atoms with E-state index in [2.05, 4.69) is 14.9 Å². The number of aliphatic hydroxyl groups excluding tert-OH is 1. The third-order valence-corrected chi connectivity index (χ3v) is 3.06. The van der Waals surface area contributed by atoms with Gasteiger partial charge in [-0.3, -0.25) is 4.79 Å². The summed E-state index contributed by atoms with van der Waals surface area (Å²) >= 11 is 1.06. The van der Waals surface area contributed by atoms with Crippen molar-refractivity contribution in [1.82, 2.24) is 9.59 Å². The molecular weight excluding hydrogens is 250 g/mol. The molecule has 2 rings (SSSR count). The van der Waals surface area contributed by atoms with Gasteiger partial charge >= 0.3 is 0 Å². The fourth-order valence-corrected chi connectivity index (χ4v) is 1.96. The minimum atomic E-state index is -0.204. The molecule has 0 aliphatic heterocycles. The van der Waals surface area contributed by atoms with Crippen LogP contribution >= 0.6 is 11.5 Å². The highest BCUT2D eigenvalue weighted by molar-refractivity contribution is 7.07. The van der Waals surface area contributed by atoms with E-state index >= 15 is 0 Å². The Morgan fingerprint density at radius 3 is 3.06 bits per heavy atom. The Hall–Kier alpha value is -1.79. The molecule has 1 aromatic heterocycles. The van der Waals surface area contributed by atoms with Crippen LogP contribution in [0.4, 0.5) is 5.69 Å². The van der Waals surface area contributed by atoms with Crippen molar-refractivity contribution >= 4 is 23.1 Å². The van der Waals surface area contributed by atoms with E-state index in [1.54, 1.807) is 0 Å². The first kappa shape index (κ1) is 12.7. The highest BCUT2D eigenvalue weighted by Gasteiger charge is 2.08. The molecule has 0 radical (unpaired) electrons. The Morgan fingerprint density at radius 1 is 1.44 bits per heavy atom. The Labute approximate surface area is 109 Å². The average Bonchev–Trinajstić information content (AvgIpc) is 2.91. The average molecular weight is 263 g/mol. The summed E-state index contributed by atoms with van der Waals surface area (Å²) < 4.78 is 3.65. The Kier molecular flexibility index (Phi) is 4.38. The number of nitrogens with one attached hydrogen (secondary N) is 1. The van der Waals surface area contributed by atoms with E-state index in [0.717, 1.165) is 35.6 Å². The number of nitrogens with zero attached hydrogens (tertiary/aromatic N) is 2. The molecule has 1 amide bonds. The van der Waals surface area contributed by atoms with Crippen LogP contribution in [0.2, 0.25) is 0 Å². The highest BCUT2D eigenvalue weighted by Crippen LogP contribution is 2.14. The molecule has 2 aromatic rings. The van der Waals surface area contributed by atoms with Crippen LogP contribution in [0.5, 0.6) is 0 Å². The molecule has 18 heavy (non-hydrogen) atoms. The molecule has 1 aromatic carbocycles. The second kappa shape index (κ2) is 6.23. The predicted octanol–water partition coefficient (Wildman–Crippen LogP) is 1.72. The number of aryl methyl sites for hydroxylation is 1. The summed E-state index contributed by atoms with van der Waals surface area (Å²) in [7, 11) is 0. The van der Waals surface area contributed by atoms with Gasteiger partial charge in [-0.15, -0.1) is 5.10 Å². The molecule has 0 spiro atoms. The van der Waals surface area contributed by atoms with Crippen LogP contribution in [0.25, 0.3) is 0 Å². The van der Waals surface area contributed by atoms with E-state index < -0.39 is 0 Å². The van der Waals surface area contributed by atoms with Crippen molar-refractivity contribution in [3.8, 4) is 0 Å². The lowest BCUT2D eigenvalue weighted by molar-refractivity contribution is 0.103. The number of aliphatic hydroxyl groups is 1. The monoisotopic (exact) mass is 263 g/mol. The van der Waals surface area contributed by atoms with Crippen LogP contribution in [0.3, 0.4) is 0 Å². The maximum absolute atomic E-state index is 11.8. The first-order valence-electron chi connectivity index (χ1n) is 5.58. The molecule has 94 valence electrons. The van der Waals surface area contributed by atoms with Crippen LogP contribution in [-0.2, 0) is 6.42 Å². The molecule has 1 heterocycles. The Bertz CT molecular complexity index is 514. The van der Waals surface area contributed by atoms with Crippen molar-refractivity contribution in [2.75, 3.05) is 11.9 Å². The van der Waals surface area contributed by atoms with Crippen molar-refractivity contribution in [1.29, 1.82) is 0 Å². The van der Waals surface area contributed by atoms with Crippen molar-refractivity contribution in [2.24, 2.45) is 0 Å². The number of amides is 1. The molecule has 0 atom stereocenters. The van der Waals surface area contributed by atoms with Crippen LogP contribution in [0, 0.1) is 0 Å². The lowest BCUT2D eigenvalue weighted by Crippen LogP contribution is -2.10. The van der Waals surface area contributed by atoms with E-state index in [4.69, 9.17) is 5.11 Å². The predicted molar refractivity (Wildman–Crippen MR) is 69.7 cm³/mol. The third kappa shape index (κ3) is 3.35. The standard InChI is InChI=1S/C12H13N3O2S/c16-6-2-4-9-3-1-5-10(7-9)14-12(17)11-8-13-15-18-11/h1,3,5,7-8,16H,2,4,6H2,(H,14,17). The number of rotatable bonds is 5. The van der Waals surface area contributed by atoms with Gasteiger partial charge in [-0.1, -0.05) is 16.6 Å². The van der Waals surface area contributed by atoms with Gasteiger partial charge in [0.05, 0.1) is 6.20 Å². The van der Waals surface area contributed by atoms with Gasteiger partial charge < -0.3 is 10.4 Å². The van der Waals surface area contributed by atoms with Crippen molar-refractivity contribution < 1.29 is 9.90 Å². The fourth-order valence-electron chi connectivity index (χ4n) is 1.55. The maximum atomic E-state index is 11.8. The zero-order chi connectivity index (χ0) is 12.8. The van der Waals surface area contributed by atoms with Gasteiger partial charge in [0.1, 0.15) is 4.88 Å². The van der Waals surface area contributed by atoms with Crippen LogP contribution in [-0.4, -0.2) is 27.2 Å². The summed E-state index contributed by atoms with van der Waals surface area (Å²) in [5.74, 6) is -0.204. The summed E-state index contributed by atoms with van der Waals surface area (Å²) in [6.45, 7) is 0.170. The van der Waals surface area contributed by atoms with Gasteiger partial charge in [0, 0.05) is 12.3 Å². The molecule has 6 heteroatoms. The number of carbonyl (C=O) groups is 1. The second-order valence-electron chi connectivity index (χ2n) is 3.76. The zero-order valence-corrected chi connectivity index (χ0v) is 10.5. The summed E-state index contributed by atoms with van der Waals surface area (Å²) in [4.78, 5) is 12.3. The first-order valence-corrected chi connectivity index (χ1v) is 6.35. The third-order valence-electron chi connectivity index (χ3n) is 2.39. The van der Waals surface area contributed by atoms with Crippen molar-refractivity contribution in [2.45, 2.75) is 12.8 Å². The summed E-state index contributed by atoms with van der Waals surface area (Å²) in [6.07, 6.45) is 2.95. The van der Waals surface area contributed by atoms with Gasteiger partial charge in [0.25, 0.3) is 5.91 Å². The zero-order valence-electron chi connectivity index (χ0n) is 9.67. The van der Waals surface area contributed by atoms with E-state index in [1.165, 1.54) is 6.20 Å². The summed E-state index contributed by atoms with van der Waals surface area (Å²) in [5, 5.41) is 15.2. The summed E-state index contributed by atoms with van der Waals surface area (Å²) in [6, 6.07) is 7.59. The lowest BCUT2D eigenvalue weighted by atomic mass is 10.1. The minimum absolute atomic E-state index is 0.170. The second-order valence-corrected chi connectivity index (χ2v) is 4.55. The van der Waals surface area contributed by atoms with Crippen LogP contribution in [0.15, 0.2) is 30.5 Å². The van der Waals surface area contributed by atoms with Crippen molar-refractivity contribution in [3.05, 3.63) is 40.9 Å². The highest BCUT2D eigenvalue weighted by atomic mass is 32.1. The fraction of sp³-hybridized carbons (Fsp3) is 0.250. The van der Waals surface area contributed by atoms with Gasteiger partial charge in [0.15, 0.2) is 0 Å². The number of carbonyl (C=O) groups excluding carboxylic acids is 1. The number of hydrogen-bond acceptors (Lipinski definition) is 5. The molecule has 0 bridgehead atoms. The van der Waals surface area contributed by atoms with E-state index in [1.807, 2.05) is 24.3 Å². The summed E-state index contributed by atoms with van der Waals surface area (Å²) in [5.41, 5.74) is 1.83. The topological polar surface area (TPSA) is 75.1 Å². The molecule has 0 saturated carbocycles. The van der Waals surface area contributed by atoms with Crippen LogP contribution in [0.1, 0.15) is 21.7 Å². The molecule has 0 aliphatic rings. The molecule has 2 N–H and O–H groups in total. The number of hydrogen-bond donors (Lipinski definition) is 2. The SMILES string of the molecule is O=C(Nc1cccc(CCCO)c1)c1cnns1. The number of anilines is 1. The first-order chi connectivity index (χ1) is 8.79. The lowest BCUT2D eigenvalue weighted by Gasteiger charge is -2.05. The van der Waals surface area contributed by atoms with Crippen LogP contribution < -0.4 is 5.32 Å². The maximum Gasteiger partial charge on any atom is 0.269 e. The quantitative estimate of drug-likeness (QED) is 0.861. The smallest absolute Gasteiger partial charge is 0.269 e. The molecule has 5 nitrogen and oxygen atoms in total. The molecule has 0 fully saturated rings. The van der Waals surface area contributed by atoms with E-state index in [0.29, 0.717) is 4.88 Å². The number of benzene rings is 1. The Balaban J connectivity index is 2.03. The van der Waals surface area contributed by atoms with E-state index in [9.17, 15) is 4.79 Å². The van der Waals surface area contributed by atoms with Gasteiger partial charge in [-0.25, -0.2) is 0 Å². The van der Waals surface area contributed by atoms with Crippen molar-refractivity contribution in [3.63, 3.8) is 0 Å². The Morgan fingerprint density at radius 2 is 2.33 bits per heavy atom. The molecule has 0 aliphatic carbocycles. The largest absolute Gasteiger partial charge is 0.396 e. The minimum Gasteiger partial charge on any atom is -0.396 e. The van der Waals surface area contributed by atoms with E-state index in [-0.39, 0.29) is 12.5 Å².